The zero-order valence-electron chi connectivity index (χ0n) is 19.5. The molecular weight excluding hydrogens is 394 g/mol. The maximum atomic E-state index is 12.6. The lowest BCUT2D eigenvalue weighted by molar-refractivity contribution is -0.119. The van der Waals surface area contributed by atoms with E-state index in [2.05, 4.69) is 71.3 Å². The van der Waals surface area contributed by atoms with E-state index in [-0.39, 0.29) is 11.4 Å². The smallest absolute Gasteiger partial charge is 0.226 e. The van der Waals surface area contributed by atoms with E-state index in [1.54, 1.807) is 0 Å². The highest BCUT2D eigenvalue weighted by atomic mass is 16.2. The van der Waals surface area contributed by atoms with E-state index in [0.717, 1.165) is 57.2 Å². The van der Waals surface area contributed by atoms with Gasteiger partial charge in [0.25, 0.3) is 0 Å². The minimum atomic E-state index is 0.101. The van der Waals surface area contributed by atoms with E-state index in [1.165, 1.54) is 36.9 Å². The third-order valence-electron chi connectivity index (χ3n) is 8.13. The molecule has 1 aliphatic carbocycles. The molecule has 0 atom stereocenters. The first kappa shape index (κ1) is 21.5. The standard InChI is InChI=1S/C28H37N3O/c1-23-13-15-28(16-14-23,30-20-18-29(19-21-30)25-9-3-2-4-10-25)24-8-7-11-26(22-24)31-17-6-5-12-27(31)32/h2-4,7-11,22-23H,5-6,12-21H2,1H3. The number of rotatable bonds is 4. The maximum absolute atomic E-state index is 12.6. The van der Waals surface area contributed by atoms with E-state index in [1.807, 2.05) is 4.90 Å². The Morgan fingerprint density at radius 1 is 0.812 bits per heavy atom. The first-order valence-electron chi connectivity index (χ1n) is 12.6. The van der Waals surface area contributed by atoms with Crippen LogP contribution in [0.4, 0.5) is 11.4 Å². The molecule has 2 aromatic carbocycles. The summed E-state index contributed by atoms with van der Waals surface area (Å²) in [5.74, 6) is 1.09. The molecule has 3 fully saturated rings. The molecule has 0 bridgehead atoms. The molecule has 2 aliphatic heterocycles. The Morgan fingerprint density at radius 2 is 1.53 bits per heavy atom. The summed E-state index contributed by atoms with van der Waals surface area (Å²) in [5.41, 5.74) is 3.97. The minimum Gasteiger partial charge on any atom is -0.369 e. The van der Waals surface area contributed by atoms with Gasteiger partial charge in [-0.05, 0) is 74.3 Å². The topological polar surface area (TPSA) is 26.8 Å². The molecule has 1 saturated carbocycles. The quantitative estimate of drug-likeness (QED) is 0.646. The lowest BCUT2D eigenvalue weighted by atomic mass is 9.71. The molecule has 0 N–H and O–H groups in total. The van der Waals surface area contributed by atoms with Gasteiger partial charge in [-0.3, -0.25) is 9.69 Å². The molecule has 5 rings (SSSR count). The lowest BCUT2D eigenvalue weighted by Crippen LogP contribution is -2.56. The molecule has 1 amide bonds. The summed E-state index contributed by atoms with van der Waals surface area (Å²) >= 11 is 0. The van der Waals surface area contributed by atoms with Crippen molar-refractivity contribution in [2.45, 2.75) is 57.4 Å². The van der Waals surface area contributed by atoms with E-state index in [4.69, 9.17) is 0 Å². The van der Waals surface area contributed by atoms with Crippen LogP contribution in [0.15, 0.2) is 54.6 Å². The molecule has 2 aromatic rings. The zero-order chi connectivity index (χ0) is 22.0. The summed E-state index contributed by atoms with van der Waals surface area (Å²) < 4.78 is 0. The molecule has 3 aliphatic rings. The van der Waals surface area contributed by atoms with E-state index >= 15 is 0 Å². The van der Waals surface area contributed by atoms with Gasteiger partial charge in [0, 0.05) is 56.1 Å². The maximum Gasteiger partial charge on any atom is 0.226 e. The minimum absolute atomic E-state index is 0.101. The Hall–Kier alpha value is -2.33. The normalized spacial score (nSPS) is 27.5. The fraction of sp³-hybridized carbons (Fsp3) is 0.536. The molecular formula is C28H37N3O. The van der Waals surface area contributed by atoms with Gasteiger partial charge in [0.2, 0.25) is 5.91 Å². The van der Waals surface area contributed by atoms with Crippen molar-refractivity contribution < 1.29 is 4.79 Å². The van der Waals surface area contributed by atoms with Gasteiger partial charge in [-0.15, -0.1) is 0 Å². The molecule has 170 valence electrons. The van der Waals surface area contributed by atoms with E-state index in [9.17, 15) is 4.79 Å². The predicted octanol–water partition coefficient (Wildman–Crippen LogP) is 5.43. The van der Waals surface area contributed by atoms with Gasteiger partial charge in [-0.2, -0.15) is 0 Å². The van der Waals surface area contributed by atoms with Crippen molar-refractivity contribution in [3.8, 4) is 0 Å². The third-order valence-corrected chi connectivity index (χ3v) is 8.13. The monoisotopic (exact) mass is 431 g/mol. The van der Waals surface area contributed by atoms with Gasteiger partial charge in [0.1, 0.15) is 0 Å². The van der Waals surface area contributed by atoms with Crippen LogP contribution >= 0.6 is 0 Å². The summed E-state index contributed by atoms with van der Waals surface area (Å²) in [6, 6.07) is 19.8. The Bertz CT molecular complexity index is 911. The van der Waals surface area contributed by atoms with Crippen molar-refractivity contribution in [1.29, 1.82) is 0 Å². The van der Waals surface area contributed by atoms with Crippen molar-refractivity contribution in [1.82, 2.24) is 4.90 Å². The SMILES string of the molecule is CC1CCC(c2cccc(N3CCCCC3=O)c2)(N2CCN(c3ccccc3)CC2)CC1. The highest BCUT2D eigenvalue weighted by molar-refractivity contribution is 5.94. The first-order chi connectivity index (χ1) is 15.7. The average molecular weight is 432 g/mol. The van der Waals surface area contributed by atoms with E-state index < -0.39 is 0 Å². The highest BCUT2D eigenvalue weighted by Crippen LogP contribution is 2.45. The molecule has 2 heterocycles. The van der Waals surface area contributed by atoms with Crippen LogP contribution in [-0.2, 0) is 10.3 Å². The second-order valence-electron chi connectivity index (χ2n) is 10.1. The number of anilines is 2. The fourth-order valence-electron chi connectivity index (χ4n) is 6.10. The van der Waals surface area contributed by atoms with Crippen LogP contribution < -0.4 is 9.80 Å². The van der Waals surface area contributed by atoms with Crippen LogP contribution in [0.3, 0.4) is 0 Å². The Balaban J connectivity index is 1.41. The average Bonchev–Trinajstić information content (AvgIpc) is 2.86. The van der Waals surface area contributed by atoms with Crippen molar-refractivity contribution in [3.05, 3.63) is 60.2 Å². The van der Waals surface area contributed by atoms with Gasteiger partial charge in [-0.1, -0.05) is 37.3 Å². The van der Waals surface area contributed by atoms with Crippen LogP contribution in [0.1, 0.15) is 57.4 Å². The zero-order valence-corrected chi connectivity index (χ0v) is 19.5. The number of carbonyl (C=O) groups is 1. The number of piperazine rings is 1. The number of hydrogen-bond acceptors (Lipinski definition) is 3. The summed E-state index contributed by atoms with van der Waals surface area (Å²) in [7, 11) is 0. The van der Waals surface area contributed by atoms with Gasteiger partial charge < -0.3 is 9.80 Å². The Kier molecular flexibility index (Phi) is 6.23. The van der Waals surface area contributed by atoms with Gasteiger partial charge >= 0.3 is 0 Å². The van der Waals surface area contributed by atoms with Crippen molar-refractivity contribution in [2.24, 2.45) is 5.92 Å². The Labute approximate surface area is 193 Å². The van der Waals surface area contributed by atoms with Crippen LogP contribution in [0.2, 0.25) is 0 Å². The van der Waals surface area contributed by atoms with Crippen LogP contribution in [0.5, 0.6) is 0 Å². The van der Waals surface area contributed by atoms with Crippen LogP contribution in [0, 0.1) is 5.92 Å². The second-order valence-corrected chi connectivity index (χ2v) is 10.1. The molecule has 0 aromatic heterocycles. The molecule has 2 saturated heterocycles. The molecule has 4 heteroatoms. The predicted molar refractivity (Wildman–Crippen MR) is 132 cm³/mol. The highest BCUT2D eigenvalue weighted by Gasteiger charge is 2.42. The number of nitrogens with zero attached hydrogens (tertiary/aromatic N) is 3. The number of carbonyl (C=O) groups excluding carboxylic acids is 1. The van der Waals surface area contributed by atoms with Gasteiger partial charge in [0.05, 0.1) is 0 Å². The number of hydrogen-bond donors (Lipinski definition) is 0. The third kappa shape index (κ3) is 4.17. The molecule has 4 nitrogen and oxygen atoms in total. The number of benzene rings is 2. The van der Waals surface area contributed by atoms with Crippen LogP contribution in [-0.4, -0.2) is 43.5 Å². The molecule has 0 spiro atoms. The van der Waals surface area contributed by atoms with Gasteiger partial charge in [-0.25, -0.2) is 0 Å². The van der Waals surface area contributed by atoms with Crippen molar-refractivity contribution >= 4 is 17.3 Å². The summed E-state index contributed by atoms with van der Waals surface area (Å²) in [4.78, 5) is 19.9. The summed E-state index contributed by atoms with van der Waals surface area (Å²) in [6.07, 6.45) is 7.84. The molecule has 0 unspecified atom stereocenters. The largest absolute Gasteiger partial charge is 0.369 e. The lowest BCUT2D eigenvalue weighted by Gasteiger charge is -2.51. The summed E-state index contributed by atoms with van der Waals surface area (Å²) in [5, 5.41) is 0. The first-order valence-corrected chi connectivity index (χ1v) is 12.6. The van der Waals surface area contributed by atoms with Crippen molar-refractivity contribution in [3.63, 3.8) is 0 Å². The van der Waals surface area contributed by atoms with Crippen molar-refractivity contribution in [2.75, 3.05) is 42.5 Å². The van der Waals surface area contributed by atoms with Crippen LogP contribution in [0.25, 0.3) is 0 Å². The molecule has 0 radical (unpaired) electrons. The van der Waals surface area contributed by atoms with E-state index in [0.29, 0.717) is 6.42 Å². The second kappa shape index (κ2) is 9.27. The fourth-order valence-corrected chi connectivity index (χ4v) is 6.10. The number of piperidine rings is 1. The van der Waals surface area contributed by atoms with Gasteiger partial charge in [0.15, 0.2) is 0 Å². The summed E-state index contributed by atoms with van der Waals surface area (Å²) in [6.45, 7) is 7.60. The molecule has 32 heavy (non-hydrogen) atoms. The number of amides is 1. The Morgan fingerprint density at radius 3 is 2.25 bits per heavy atom. The number of para-hydroxylation sites is 1.